The van der Waals surface area contributed by atoms with Gasteiger partial charge in [0, 0.05) is 36.8 Å². The first-order valence-corrected chi connectivity index (χ1v) is 12.5. The Labute approximate surface area is 214 Å². The Morgan fingerprint density at radius 1 is 1.14 bits per heavy atom. The minimum Gasteiger partial charge on any atom is -0.479 e. The van der Waals surface area contributed by atoms with Crippen molar-refractivity contribution in [1.29, 1.82) is 0 Å². The summed E-state index contributed by atoms with van der Waals surface area (Å²) in [5.74, 6) is 0.673. The highest BCUT2D eigenvalue weighted by molar-refractivity contribution is 6.03. The predicted molar refractivity (Wildman–Crippen MR) is 131 cm³/mol. The summed E-state index contributed by atoms with van der Waals surface area (Å²) in [6, 6.07) is 7.96. The number of aromatic nitrogens is 1. The molecule has 1 aromatic carbocycles. The van der Waals surface area contributed by atoms with Gasteiger partial charge in [0.15, 0.2) is 6.10 Å². The smallest absolute Gasteiger partial charge is 0.268 e. The first-order valence-electron chi connectivity index (χ1n) is 12.5. The third-order valence-electron chi connectivity index (χ3n) is 6.73. The average Bonchev–Trinajstić information content (AvgIpc) is 3.61. The van der Waals surface area contributed by atoms with Crippen LogP contribution in [-0.4, -0.2) is 82.9 Å². The van der Waals surface area contributed by atoms with E-state index in [0.717, 1.165) is 5.56 Å². The van der Waals surface area contributed by atoms with Gasteiger partial charge in [0.1, 0.15) is 12.3 Å². The van der Waals surface area contributed by atoms with E-state index in [2.05, 4.69) is 10.3 Å². The molecule has 1 aromatic heterocycles. The molecule has 2 aliphatic heterocycles. The van der Waals surface area contributed by atoms with Crippen LogP contribution in [0.4, 0.5) is 5.69 Å². The van der Waals surface area contributed by atoms with Crippen LogP contribution in [0.5, 0.6) is 11.6 Å². The van der Waals surface area contributed by atoms with Gasteiger partial charge in [0.25, 0.3) is 11.8 Å². The molecule has 1 saturated heterocycles. The second-order valence-electron chi connectivity index (χ2n) is 9.60. The van der Waals surface area contributed by atoms with E-state index in [1.807, 2.05) is 0 Å². The van der Waals surface area contributed by atoms with Gasteiger partial charge in [-0.15, -0.1) is 0 Å². The van der Waals surface area contributed by atoms with Gasteiger partial charge in [-0.1, -0.05) is 6.07 Å². The quantitative estimate of drug-likeness (QED) is 0.396. The van der Waals surface area contributed by atoms with Crippen LogP contribution in [0, 0.1) is 5.92 Å². The van der Waals surface area contributed by atoms with Crippen molar-refractivity contribution in [2.24, 2.45) is 5.92 Å². The van der Waals surface area contributed by atoms with Gasteiger partial charge in [-0.3, -0.25) is 14.4 Å². The Morgan fingerprint density at radius 3 is 2.65 bits per heavy atom. The monoisotopic (exact) mass is 510 g/mol. The molecule has 0 radical (unpaired) electrons. The zero-order chi connectivity index (χ0) is 25.9. The molecule has 2 aromatic rings. The molecule has 3 amide bonds. The van der Waals surface area contributed by atoms with Crippen LogP contribution in [-0.2, 0) is 16.1 Å². The topological polar surface area (TPSA) is 142 Å². The number of carbonyl (C=O) groups is 3. The Bertz CT molecular complexity index is 1160. The van der Waals surface area contributed by atoms with E-state index in [1.54, 1.807) is 41.4 Å². The normalized spacial score (nSPS) is 18.9. The molecule has 196 valence electrons. The molecule has 1 atom stereocenters. The van der Waals surface area contributed by atoms with Crippen LogP contribution < -0.4 is 19.7 Å². The van der Waals surface area contributed by atoms with E-state index in [-0.39, 0.29) is 24.9 Å². The number of hydrogen-bond acceptors (Lipinski definition) is 8. The van der Waals surface area contributed by atoms with Gasteiger partial charge in [-0.05, 0) is 42.5 Å². The average molecular weight is 511 g/mol. The summed E-state index contributed by atoms with van der Waals surface area (Å²) in [5.41, 5.74) is 1.79. The zero-order valence-corrected chi connectivity index (χ0v) is 20.3. The highest BCUT2D eigenvalue weighted by Gasteiger charge is 2.36. The molecule has 11 heteroatoms. The number of nitrogens with zero attached hydrogens (tertiary/aromatic N) is 3. The van der Waals surface area contributed by atoms with E-state index in [4.69, 9.17) is 19.7 Å². The second-order valence-corrected chi connectivity index (χ2v) is 9.60. The van der Waals surface area contributed by atoms with E-state index >= 15 is 0 Å². The number of benzene rings is 1. The molecule has 0 spiro atoms. The zero-order valence-electron chi connectivity index (χ0n) is 20.3. The molecule has 2 fully saturated rings. The number of aliphatic hydroxyl groups is 2. The molecule has 5 rings (SSSR count). The minimum atomic E-state index is -0.773. The number of nitrogens with one attached hydrogen (secondary N) is 1. The van der Waals surface area contributed by atoms with E-state index in [1.165, 1.54) is 17.7 Å². The number of anilines is 1. The lowest BCUT2D eigenvalue weighted by molar-refractivity contribution is -0.123. The van der Waals surface area contributed by atoms with Crippen LogP contribution in [0.2, 0.25) is 0 Å². The molecule has 11 nitrogen and oxygen atoms in total. The van der Waals surface area contributed by atoms with Gasteiger partial charge in [-0.25, -0.2) is 4.98 Å². The van der Waals surface area contributed by atoms with Crippen LogP contribution in [0.1, 0.15) is 35.2 Å². The maximum Gasteiger partial charge on any atom is 0.268 e. The Balaban J connectivity index is 1.18. The number of ether oxygens (including phenoxy) is 2. The van der Waals surface area contributed by atoms with Crippen LogP contribution in [0.25, 0.3) is 0 Å². The summed E-state index contributed by atoms with van der Waals surface area (Å²) < 4.78 is 11.5. The van der Waals surface area contributed by atoms with Crippen molar-refractivity contribution in [2.45, 2.75) is 38.0 Å². The molecule has 3 heterocycles. The van der Waals surface area contributed by atoms with E-state index in [9.17, 15) is 14.4 Å². The summed E-state index contributed by atoms with van der Waals surface area (Å²) in [7, 11) is 0. The van der Waals surface area contributed by atoms with Crippen molar-refractivity contribution in [3.63, 3.8) is 0 Å². The molecule has 3 N–H and O–H groups in total. The van der Waals surface area contributed by atoms with Crippen molar-refractivity contribution in [1.82, 2.24) is 15.2 Å². The molecular weight excluding hydrogens is 480 g/mol. The van der Waals surface area contributed by atoms with Gasteiger partial charge in [0.05, 0.1) is 32.1 Å². The number of hydrogen-bond donors (Lipinski definition) is 3. The molecular formula is C26H30N4O7. The molecule has 1 saturated carbocycles. The SMILES string of the molecule is O=C(CN1Cc2ccc(N3CC[C@@H](Oc4ccc(OCC5CC5)nc4)C3=O)cc2C1=O)NC(CO)CO. The van der Waals surface area contributed by atoms with Gasteiger partial charge in [0.2, 0.25) is 11.8 Å². The molecule has 3 aliphatic rings. The number of rotatable bonds is 11. The number of fused-ring (bicyclic) bond motifs is 1. The Kier molecular flexibility index (Phi) is 7.24. The number of carbonyl (C=O) groups excluding carboxylic acids is 3. The van der Waals surface area contributed by atoms with Crippen LogP contribution >= 0.6 is 0 Å². The summed E-state index contributed by atoms with van der Waals surface area (Å²) in [6.45, 7) is 0.387. The molecule has 1 aliphatic carbocycles. The molecule has 0 bridgehead atoms. The number of aliphatic hydroxyl groups excluding tert-OH is 2. The van der Waals surface area contributed by atoms with Gasteiger partial charge in [-0.2, -0.15) is 0 Å². The maximum absolute atomic E-state index is 13.1. The minimum absolute atomic E-state index is 0.198. The first kappa shape index (κ1) is 25.0. The van der Waals surface area contributed by atoms with Crippen LogP contribution in [0.3, 0.4) is 0 Å². The molecule has 0 unspecified atom stereocenters. The molecule has 37 heavy (non-hydrogen) atoms. The lowest BCUT2D eigenvalue weighted by Crippen LogP contribution is -2.45. The standard InChI is InChI=1S/C26H30N4O7/c31-13-18(14-32)28-23(33)12-29-11-17-3-4-19(9-21(17)25(29)34)30-8-7-22(26(30)35)37-20-5-6-24(27-10-20)36-15-16-1-2-16/h3-6,9-10,16,18,22,31-32H,1-2,7-8,11-15H2,(H,28,33)/t22-/m1/s1. The maximum atomic E-state index is 13.1. The van der Waals surface area contributed by atoms with Crippen molar-refractivity contribution >= 4 is 23.4 Å². The Morgan fingerprint density at radius 2 is 1.95 bits per heavy atom. The largest absolute Gasteiger partial charge is 0.479 e. The van der Waals surface area contributed by atoms with Crippen molar-refractivity contribution in [2.75, 3.05) is 37.8 Å². The summed E-state index contributed by atoms with van der Waals surface area (Å²) in [6.07, 6.45) is 3.79. The van der Waals surface area contributed by atoms with E-state index in [0.29, 0.717) is 48.4 Å². The van der Waals surface area contributed by atoms with Crippen molar-refractivity contribution in [3.8, 4) is 11.6 Å². The summed E-state index contributed by atoms with van der Waals surface area (Å²) in [4.78, 5) is 45.5. The second kappa shape index (κ2) is 10.7. The van der Waals surface area contributed by atoms with Gasteiger partial charge >= 0.3 is 0 Å². The fourth-order valence-electron chi connectivity index (χ4n) is 4.43. The third-order valence-corrected chi connectivity index (χ3v) is 6.73. The fraction of sp³-hybridized carbons (Fsp3) is 0.462. The van der Waals surface area contributed by atoms with Crippen molar-refractivity contribution in [3.05, 3.63) is 47.7 Å². The van der Waals surface area contributed by atoms with Crippen LogP contribution in [0.15, 0.2) is 36.5 Å². The Hall–Kier alpha value is -3.70. The third kappa shape index (κ3) is 5.67. The lowest BCUT2D eigenvalue weighted by atomic mass is 10.1. The van der Waals surface area contributed by atoms with Crippen molar-refractivity contribution < 1.29 is 34.1 Å². The van der Waals surface area contributed by atoms with E-state index < -0.39 is 31.3 Å². The van der Waals surface area contributed by atoms with Gasteiger partial charge < -0.3 is 34.8 Å². The highest BCUT2D eigenvalue weighted by Crippen LogP contribution is 2.31. The predicted octanol–water partition coefficient (Wildman–Crippen LogP) is 0.480. The summed E-state index contributed by atoms with van der Waals surface area (Å²) >= 11 is 0. The summed E-state index contributed by atoms with van der Waals surface area (Å²) in [5, 5.41) is 20.7. The fourth-order valence-corrected chi connectivity index (χ4v) is 4.43. The number of amides is 3. The number of pyridine rings is 1. The lowest BCUT2D eigenvalue weighted by Gasteiger charge is -2.18. The highest BCUT2D eigenvalue weighted by atomic mass is 16.5. The first-order chi connectivity index (χ1) is 17.9.